The molecule has 0 N–H and O–H groups in total. The Hall–Kier alpha value is -4.14. The van der Waals surface area contributed by atoms with E-state index in [-0.39, 0.29) is 23.2 Å². The monoisotopic (exact) mass is 470 g/mol. The molecule has 1 unspecified atom stereocenters. The topological polar surface area (TPSA) is 92.8 Å². The van der Waals surface area contributed by atoms with E-state index in [0.717, 1.165) is 41.3 Å². The molecule has 1 aromatic carbocycles. The van der Waals surface area contributed by atoms with E-state index >= 15 is 0 Å². The maximum absolute atomic E-state index is 13.7. The van der Waals surface area contributed by atoms with Crippen molar-refractivity contribution in [3.8, 4) is 11.3 Å². The molecule has 0 amide bonds. The van der Waals surface area contributed by atoms with E-state index in [0.29, 0.717) is 17.4 Å². The van der Waals surface area contributed by atoms with Crippen molar-refractivity contribution in [2.45, 2.75) is 38.3 Å². The van der Waals surface area contributed by atoms with Gasteiger partial charge in [-0.25, -0.2) is 4.79 Å². The van der Waals surface area contributed by atoms with Crippen molar-refractivity contribution in [2.75, 3.05) is 0 Å². The van der Waals surface area contributed by atoms with Crippen LogP contribution in [0.25, 0.3) is 22.2 Å². The summed E-state index contributed by atoms with van der Waals surface area (Å²) in [6.45, 7) is 2.48. The van der Waals surface area contributed by atoms with E-state index in [2.05, 4.69) is 14.8 Å². The fourth-order valence-electron chi connectivity index (χ4n) is 5.55. The van der Waals surface area contributed by atoms with Crippen LogP contribution in [0.5, 0.6) is 0 Å². The van der Waals surface area contributed by atoms with Crippen molar-refractivity contribution < 1.29 is 4.42 Å². The van der Waals surface area contributed by atoms with Crippen LogP contribution in [-0.2, 0) is 20.6 Å². The lowest BCUT2D eigenvalue weighted by molar-refractivity contribution is 0.302. The molecular weight excluding hydrogens is 444 g/mol. The molecule has 9 heteroatoms. The van der Waals surface area contributed by atoms with Crippen LogP contribution in [0, 0.1) is 6.92 Å². The van der Waals surface area contributed by atoms with Gasteiger partial charge in [-0.2, -0.15) is 15.0 Å². The van der Waals surface area contributed by atoms with Crippen molar-refractivity contribution in [1.29, 1.82) is 0 Å². The zero-order chi connectivity index (χ0) is 24.3. The second kappa shape index (κ2) is 7.97. The molecule has 9 nitrogen and oxygen atoms in total. The van der Waals surface area contributed by atoms with Crippen molar-refractivity contribution in [1.82, 2.24) is 28.7 Å². The fraction of sp³-hybridized carbons (Fsp3) is 0.308. The van der Waals surface area contributed by atoms with Crippen LogP contribution in [0.3, 0.4) is 0 Å². The van der Waals surface area contributed by atoms with Gasteiger partial charge in [0, 0.05) is 14.1 Å². The molecule has 5 heterocycles. The Balaban J connectivity index is 1.76. The van der Waals surface area contributed by atoms with Crippen molar-refractivity contribution in [3.05, 3.63) is 92.9 Å². The van der Waals surface area contributed by atoms with Crippen LogP contribution in [0.1, 0.15) is 42.0 Å². The van der Waals surface area contributed by atoms with Gasteiger partial charge in [0.05, 0.1) is 53.2 Å². The third kappa shape index (κ3) is 3.22. The Labute approximate surface area is 200 Å². The molecular formula is C26H26N6O3. The highest BCUT2D eigenvalue weighted by atomic mass is 16.3. The van der Waals surface area contributed by atoms with Crippen LogP contribution < -0.4 is 11.2 Å². The number of aromatic nitrogens is 6. The minimum absolute atomic E-state index is 0.00729. The molecule has 35 heavy (non-hydrogen) atoms. The number of rotatable bonds is 4. The fourth-order valence-corrected chi connectivity index (χ4v) is 5.55. The third-order valence-corrected chi connectivity index (χ3v) is 7.12. The summed E-state index contributed by atoms with van der Waals surface area (Å²) >= 11 is 0. The van der Waals surface area contributed by atoms with Gasteiger partial charge in [-0.15, -0.1) is 0 Å². The predicted octanol–water partition coefficient (Wildman–Crippen LogP) is 3.37. The number of nitrogens with zero attached hydrogens (tertiary/aromatic N) is 6. The van der Waals surface area contributed by atoms with Gasteiger partial charge in [0.1, 0.15) is 11.5 Å². The zero-order valence-electron chi connectivity index (χ0n) is 19.9. The summed E-state index contributed by atoms with van der Waals surface area (Å²) in [4.78, 5) is 28.4. The first-order valence-corrected chi connectivity index (χ1v) is 11.8. The number of hydrogen-bond acceptors (Lipinski definition) is 5. The molecule has 0 bridgehead atoms. The summed E-state index contributed by atoms with van der Waals surface area (Å²) in [5.74, 6) is 1.58. The predicted molar refractivity (Wildman–Crippen MR) is 131 cm³/mol. The standard InChI is InChI=1S/C26H26N6O3/c1-16-9-12-20(35-16)19-11-10-18(15-31-27-13-14-28-31)32-22(17-7-5-4-6-8-17)21-24(23(19)32)29(2)26(34)30(3)25(21)33/h4-9,12-14,18-19H,10-11,15H2,1-3H3/t18-,19?/m1/s1. The number of benzene rings is 1. The minimum Gasteiger partial charge on any atom is -0.466 e. The highest BCUT2D eigenvalue weighted by Crippen LogP contribution is 2.47. The van der Waals surface area contributed by atoms with E-state index < -0.39 is 0 Å². The summed E-state index contributed by atoms with van der Waals surface area (Å²) in [5, 5.41) is 9.22. The van der Waals surface area contributed by atoms with Gasteiger partial charge in [0.25, 0.3) is 5.56 Å². The number of furan rings is 1. The SMILES string of the molecule is Cc1ccc(C2CC[C@H](Cn3nccn3)n3c(-c4ccccc4)c4c(=O)n(C)c(=O)n(C)c4c32)o1. The summed E-state index contributed by atoms with van der Waals surface area (Å²) < 4.78 is 11.1. The molecule has 0 spiro atoms. The number of aryl methyl sites for hydroxylation is 2. The Kier molecular flexibility index (Phi) is 4.87. The summed E-state index contributed by atoms with van der Waals surface area (Å²) in [5.41, 5.74) is 2.68. The Bertz CT molecular complexity index is 1650. The molecule has 0 aliphatic carbocycles. The number of fused-ring (bicyclic) bond motifs is 3. The van der Waals surface area contributed by atoms with E-state index in [1.807, 2.05) is 49.4 Å². The van der Waals surface area contributed by atoms with Gasteiger partial charge in [-0.3, -0.25) is 13.9 Å². The van der Waals surface area contributed by atoms with Gasteiger partial charge in [-0.1, -0.05) is 30.3 Å². The van der Waals surface area contributed by atoms with Gasteiger partial charge >= 0.3 is 5.69 Å². The summed E-state index contributed by atoms with van der Waals surface area (Å²) in [6.07, 6.45) is 4.99. The average molecular weight is 471 g/mol. The van der Waals surface area contributed by atoms with Crippen molar-refractivity contribution >= 4 is 10.9 Å². The van der Waals surface area contributed by atoms with Crippen LogP contribution >= 0.6 is 0 Å². The third-order valence-electron chi connectivity index (χ3n) is 7.12. The number of hydrogen-bond donors (Lipinski definition) is 0. The van der Waals surface area contributed by atoms with Crippen molar-refractivity contribution in [2.24, 2.45) is 14.1 Å². The van der Waals surface area contributed by atoms with Crippen LogP contribution in [0.15, 0.2) is 68.9 Å². The largest absolute Gasteiger partial charge is 0.466 e. The minimum atomic E-state index is -0.347. The second-order valence-corrected chi connectivity index (χ2v) is 9.22. The van der Waals surface area contributed by atoms with Gasteiger partial charge in [-0.05, 0) is 37.5 Å². The van der Waals surface area contributed by atoms with Gasteiger partial charge in [0.2, 0.25) is 0 Å². The average Bonchev–Trinajstić information content (AvgIpc) is 3.61. The molecule has 5 aromatic rings. The van der Waals surface area contributed by atoms with E-state index in [1.165, 1.54) is 11.6 Å². The normalized spacial score (nSPS) is 17.7. The first-order chi connectivity index (χ1) is 17.0. The second-order valence-electron chi connectivity index (χ2n) is 9.22. The lowest BCUT2D eigenvalue weighted by Gasteiger charge is -2.32. The molecule has 4 aromatic heterocycles. The van der Waals surface area contributed by atoms with Crippen LogP contribution in [0.2, 0.25) is 0 Å². The molecule has 6 rings (SSSR count). The Morgan fingerprint density at radius 1 is 0.971 bits per heavy atom. The quantitative estimate of drug-likeness (QED) is 0.402. The van der Waals surface area contributed by atoms with Gasteiger partial charge in [0.15, 0.2) is 0 Å². The van der Waals surface area contributed by atoms with Crippen LogP contribution in [0.4, 0.5) is 0 Å². The maximum atomic E-state index is 13.7. The Morgan fingerprint density at radius 2 is 1.71 bits per heavy atom. The van der Waals surface area contributed by atoms with Crippen molar-refractivity contribution in [3.63, 3.8) is 0 Å². The molecule has 0 radical (unpaired) electrons. The molecule has 0 fully saturated rings. The first kappa shape index (κ1) is 21.4. The highest BCUT2D eigenvalue weighted by molar-refractivity contribution is 5.96. The van der Waals surface area contributed by atoms with E-state index in [9.17, 15) is 9.59 Å². The van der Waals surface area contributed by atoms with Crippen LogP contribution in [-0.4, -0.2) is 28.7 Å². The lowest BCUT2D eigenvalue weighted by Crippen LogP contribution is -2.37. The van der Waals surface area contributed by atoms with Gasteiger partial charge < -0.3 is 8.98 Å². The molecule has 1 aliphatic rings. The maximum Gasteiger partial charge on any atom is 0.331 e. The molecule has 178 valence electrons. The van der Waals surface area contributed by atoms with E-state index in [1.54, 1.807) is 28.8 Å². The highest BCUT2D eigenvalue weighted by Gasteiger charge is 2.37. The zero-order valence-corrected chi connectivity index (χ0v) is 19.9. The smallest absolute Gasteiger partial charge is 0.331 e. The first-order valence-electron chi connectivity index (χ1n) is 11.8. The summed E-state index contributed by atoms with van der Waals surface area (Å²) in [6, 6.07) is 13.9. The molecule has 0 saturated carbocycles. The molecule has 1 aliphatic heterocycles. The molecule has 0 saturated heterocycles. The summed E-state index contributed by atoms with van der Waals surface area (Å²) in [7, 11) is 3.27. The van der Waals surface area contributed by atoms with E-state index in [4.69, 9.17) is 4.42 Å². The Morgan fingerprint density at radius 3 is 2.40 bits per heavy atom. The lowest BCUT2D eigenvalue weighted by atomic mass is 9.89. The molecule has 2 atom stereocenters.